The summed E-state index contributed by atoms with van der Waals surface area (Å²) in [5.41, 5.74) is 8.06. The summed E-state index contributed by atoms with van der Waals surface area (Å²) in [7, 11) is 0. The Kier molecular flexibility index (Phi) is 4.88. The summed E-state index contributed by atoms with van der Waals surface area (Å²) in [5, 5.41) is 4.46. The molecule has 0 saturated carbocycles. The van der Waals surface area contributed by atoms with E-state index in [1.807, 2.05) is 35.0 Å². The fraction of sp³-hybridized carbons (Fsp3) is 0.421. The molecule has 6 heteroatoms. The zero-order chi connectivity index (χ0) is 18.0. The maximum absolute atomic E-state index is 12.9. The van der Waals surface area contributed by atoms with Crippen molar-refractivity contribution in [2.45, 2.75) is 32.7 Å². The maximum atomic E-state index is 12.9. The van der Waals surface area contributed by atoms with E-state index in [9.17, 15) is 9.59 Å². The lowest BCUT2D eigenvalue weighted by Gasteiger charge is -2.18. The Bertz CT molecular complexity index is 767. The largest absolute Gasteiger partial charge is 0.369 e. The van der Waals surface area contributed by atoms with Crippen molar-refractivity contribution >= 4 is 11.8 Å². The van der Waals surface area contributed by atoms with E-state index < -0.39 is 0 Å². The summed E-state index contributed by atoms with van der Waals surface area (Å²) in [6.07, 6.45) is 2.29. The van der Waals surface area contributed by atoms with Crippen LogP contribution in [-0.4, -0.2) is 39.6 Å². The molecule has 25 heavy (non-hydrogen) atoms. The van der Waals surface area contributed by atoms with Gasteiger partial charge in [-0.1, -0.05) is 44.2 Å². The lowest BCUT2D eigenvalue weighted by Crippen LogP contribution is -2.32. The minimum absolute atomic E-state index is 0.0632. The van der Waals surface area contributed by atoms with Crippen molar-refractivity contribution in [1.82, 2.24) is 14.7 Å². The molecule has 3 rings (SSSR count). The van der Waals surface area contributed by atoms with Crippen LogP contribution < -0.4 is 5.73 Å². The molecular weight excluding hydrogens is 316 g/mol. The van der Waals surface area contributed by atoms with Crippen molar-refractivity contribution in [3.63, 3.8) is 0 Å². The highest BCUT2D eigenvalue weighted by Gasteiger charge is 2.32. The highest BCUT2D eigenvalue weighted by atomic mass is 16.2. The van der Waals surface area contributed by atoms with Crippen LogP contribution in [0.25, 0.3) is 0 Å². The first-order valence-corrected chi connectivity index (χ1v) is 8.65. The monoisotopic (exact) mass is 340 g/mol. The Morgan fingerprint density at radius 1 is 1.28 bits per heavy atom. The molecule has 132 valence electrons. The normalized spacial score (nSPS) is 17.2. The minimum Gasteiger partial charge on any atom is -0.369 e. The summed E-state index contributed by atoms with van der Waals surface area (Å²) in [6, 6.07) is 10.1. The van der Waals surface area contributed by atoms with Gasteiger partial charge in [0, 0.05) is 13.1 Å². The summed E-state index contributed by atoms with van der Waals surface area (Å²) >= 11 is 0. The molecule has 1 aromatic heterocycles. The highest BCUT2D eigenvalue weighted by molar-refractivity contribution is 5.96. The Morgan fingerprint density at radius 3 is 2.60 bits per heavy atom. The Balaban J connectivity index is 1.84. The molecule has 1 aliphatic heterocycles. The molecule has 0 aliphatic carbocycles. The second-order valence-electron chi connectivity index (χ2n) is 6.88. The predicted octanol–water partition coefficient (Wildman–Crippen LogP) is 2.00. The molecule has 6 nitrogen and oxygen atoms in total. The van der Waals surface area contributed by atoms with E-state index in [2.05, 4.69) is 18.9 Å². The van der Waals surface area contributed by atoms with E-state index in [4.69, 9.17) is 5.73 Å². The second kappa shape index (κ2) is 7.09. The molecule has 0 radical (unpaired) electrons. The van der Waals surface area contributed by atoms with Crippen molar-refractivity contribution in [3.05, 3.63) is 53.3 Å². The third-order valence-corrected chi connectivity index (χ3v) is 4.71. The average molecular weight is 340 g/mol. The van der Waals surface area contributed by atoms with Gasteiger partial charge in [-0.05, 0) is 17.9 Å². The summed E-state index contributed by atoms with van der Waals surface area (Å²) in [6.45, 7) is 5.71. The summed E-state index contributed by atoms with van der Waals surface area (Å²) < 4.78 is 1.90. The third kappa shape index (κ3) is 3.57. The van der Waals surface area contributed by atoms with Gasteiger partial charge in [0.25, 0.3) is 5.91 Å². The number of rotatable bonds is 5. The van der Waals surface area contributed by atoms with Crippen LogP contribution in [-0.2, 0) is 11.3 Å². The fourth-order valence-corrected chi connectivity index (χ4v) is 3.40. The van der Waals surface area contributed by atoms with E-state index in [0.717, 1.165) is 11.3 Å². The minimum atomic E-state index is -0.334. The van der Waals surface area contributed by atoms with Crippen LogP contribution in [0.15, 0.2) is 36.5 Å². The standard InChI is InChI=1S/C19H24N4O2/c1-13(2)17-16(19(25)22-9-8-15(12-22)18(20)24)10-21-23(17)11-14-6-4-3-5-7-14/h3-7,10,13,15H,8-9,11-12H2,1-2H3,(H2,20,24)/t15-/m1/s1. The predicted molar refractivity (Wildman–Crippen MR) is 95.1 cm³/mol. The van der Waals surface area contributed by atoms with E-state index in [0.29, 0.717) is 31.6 Å². The molecule has 0 unspecified atom stereocenters. The topological polar surface area (TPSA) is 81.2 Å². The number of nitrogens with two attached hydrogens (primary N) is 1. The van der Waals surface area contributed by atoms with Crippen LogP contribution in [0.4, 0.5) is 0 Å². The number of amides is 2. The van der Waals surface area contributed by atoms with Crippen molar-refractivity contribution in [2.75, 3.05) is 13.1 Å². The molecule has 2 N–H and O–H groups in total. The molecule has 1 saturated heterocycles. The van der Waals surface area contributed by atoms with Crippen LogP contribution in [0.3, 0.4) is 0 Å². The van der Waals surface area contributed by atoms with Crippen molar-refractivity contribution in [1.29, 1.82) is 0 Å². The molecule has 1 aliphatic rings. The lowest BCUT2D eigenvalue weighted by molar-refractivity contribution is -0.121. The van der Waals surface area contributed by atoms with E-state index in [1.165, 1.54) is 0 Å². The molecule has 2 heterocycles. The summed E-state index contributed by atoms with van der Waals surface area (Å²) in [5.74, 6) is -0.476. The zero-order valence-electron chi connectivity index (χ0n) is 14.7. The first kappa shape index (κ1) is 17.2. The number of nitrogens with zero attached hydrogens (tertiary/aromatic N) is 3. The fourth-order valence-electron chi connectivity index (χ4n) is 3.40. The molecule has 2 amide bonds. The Hall–Kier alpha value is -2.63. The quantitative estimate of drug-likeness (QED) is 0.904. The number of carbonyl (C=O) groups excluding carboxylic acids is 2. The van der Waals surface area contributed by atoms with Gasteiger partial charge in [0.2, 0.25) is 5.91 Å². The van der Waals surface area contributed by atoms with E-state index in [-0.39, 0.29) is 23.7 Å². The smallest absolute Gasteiger partial charge is 0.257 e. The first-order valence-electron chi connectivity index (χ1n) is 8.65. The van der Waals surface area contributed by atoms with Crippen molar-refractivity contribution in [3.8, 4) is 0 Å². The molecule has 0 spiro atoms. The van der Waals surface area contributed by atoms with Crippen molar-refractivity contribution < 1.29 is 9.59 Å². The molecule has 1 atom stereocenters. The number of benzene rings is 1. The van der Waals surface area contributed by atoms with Gasteiger partial charge in [-0.15, -0.1) is 0 Å². The number of hydrogen-bond acceptors (Lipinski definition) is 3. The molecule has 1 fully saturated rings. The van der Waals surface area contributed by atoms with Gasteiger partial charge >= 0.3 is 0 Å². The molecule has 1 aromatic carbocycles. The Morgan fingerprint density at radius 2 is 2.00 bits per heavy atom. The highest BCUT2D eigenvalue weighted by Crippen LogP contribution is 2.25. The SMILES string of the molecule is CC(C)c1c(C(=O)N2CC[C@@H](C(N)=O)C2)cnn1Cc1ccccc1. The van der Waals surface area contributed by atoms with E-state index >= 15 is 0 Å². The molecule has 2 aromatic rings. The molecular formula is C19H24N4O2. The molecule has 0 bridgehead atoms. The van der Waals surface area contributed by atoms with Crippen LogP contribution in [0.2, 0.25) is 0 Å². The van der Waals surface area contributed by atoms with Crippen LogP contribution in [0, 0.1) is 5.92 Å². The van der Waals surface area contributed by atoms with Gasteiger partial charge in [0.1, 0.15) is 0 Å². The van der Waals surface area contributed by atoms with Gasteiger partial charge in [0.05, 0.1) is 29.9 Å². The number of likely N-dealkylation sites (tertiary alicyclic amines) is 1. The van der Waals surface area contributed by atoms with Crippen LogP contribution >= 0.6 is 0 Å². The van der Waals surface area contributed by atoms with Crippen LogP contribution in [0.5, 0.6) is 0 Å². The van der Waals surface area contributed by atoms with Gasteiger partial charge < -0.3 is 10.6 Å². The lowest BCUT2D eigenvalue weighted by atomic mass is 10.0. The van der Waals surface area contributed by atoms with Gasteiger partial charge in [-0.2, -0.15) is 5.10 Å². The van der Waals surface area contributed by atoms with Crippen molar-refractivity contribution in [2.24, 2.45) is 11.7 Å². The van der Waals surface area contributed by atoms with Crippen LogP contribution in [0.1, 0.15) is 47.8 Å². The first-order chi connectivity index (χ1) is 12.0. The summed E-state index contributed by atoms with van der Waals surface area (Å²) in [4.78, 5) is 26.0. The number of primary amides is 1. The number of hydrogen-bond donors (Lipinski definition) is 1. The van der Waals surface area contributed by atoms with Gasteiger partial charge in [-0.3, -0.25) is 14.3 Å². The van der Waals surface area contributed by atoms with E-state index in [1.54, 1.807) is 11.1 Å². The third-order valence-electron chi connectivity index (χ3n) is 4.71. The second-order valence-corrected chi connectivity index (χ2v) is 6.88. The number of carbonyl (C=O) groups is 2. The zero-order valence-corrected chi connectivity index (χ0v) is 14.7. The average Bonchev–Trinajstić information content (AvgIpc) is 3.22. The Labute approximate surface area is 147 Å². The number of aromatic nitrogens is 2. The maximum Gasteiger partial charge on any atom is 0.257 e. The van der Waals surface area contributed by atoms with Gasteiger partial charge in [0.15, 0.2) is 0 Å². The van der Waals surface area contributed by atoms with Gasteiger partial charge in [-0.25, -0.2) is 0 Å².